The predicted octanol–water partition coefficient (Wildman–Crippen LogP) is 1.89. The maximum Gasteiger partial charge on any atom is 0.108 e. The molecule has 1 unspecified atom stereocenters. The van der Waals surface area contributed by atoms with Crippen molar-refractivity contribution in [1.29, 1.82) is 0 Å². The Hall–Kier alpha value is -1.91. The maximum absolute atomic E-state index is 10.2. The molecule has 0 aliphatic rings. The molecule has 0 saturated carbocycles. The van der Waals surface area contributed by atoms with Gasteiger partial charge in [0, 0.05) is 30.8 Å². The first kappa shape index (κ1) is 12.5. The molecule has 0 fully saturated rings. The largest absolute Gasteiger partial charge is 0.398 e. The fraction of sp³-hybridized carbons (Fsp3) is 0.214. The lowest BCUT2D eigenvalue weighted by molar-refractivity contribution is 0.184. The third kappa shape index (κ3) is 2.67. The molecular weight excluding hydrogens is 228 g/mol. The van der Waals surface area contributed by atoms with Crippen molar-refractivity contribution in [2.75, 3.05) is 12.8 Å². The molecule has 0 radical (unpaired) electrons. The van der Waals surface area contributed by atoms with E-state index < -0.39 is 6.10 Å². The molecule has 2 aromatic rings. The standard InChI is InChI=1S/C14H16N2O2/c1-18-9-10-2-4-11(5-3-10)14(17)12-8-16-7-6-13(12)15/h2-8,14,17H,9H2,1H3,(H2,15,16). The van der Waals surface area contributed by atoms with Gasteiger partial charge in [0.1, 0.15) is 6.10 Å². The SMILES string of the molecule is COCc1ccc(C(O)c2cnccc2N)cc1. The van der Waals surface area contributed by atoms with Gasteiger partial charge in [-0.05, 0) is 17.2 Å². The Morgan fingerprint density at radius 2 is 2.00 bits per heavy atom. The van der Waals surface area contributed by atoms with Crippen LogP contribution in [0.5, 0.6) is 0 Å². The summed E-state index contributed by atoms with van der Waals surface area (Å²) in [7, 11) is 1.65. The average molecular weight is 244 g/mol. The van der Waals surface area contributed by atoms with Gasteiger partial charge in [-0.25, -0.2) is 0 Å². The van der Waals surface area contributed by atoms with E-state index in [1.54, 1.807) is 25.6 Å². The molecule has 0 amide bonds. The fourth-order valence-electron chi connectivity index (χ4n) is 1.79. The van der Waals surface area contributed by atoms with Gasteiger partial charge < -0.3 is 15.6 Å². The minimum absolute atomic E-state index is 0.540. The van der Waals surface area contributed by atoms with E-state index in [1.807, 2.05) is 24.3 Å². The van der Waals surface area contributed by atoms with Crippen LogP contribution in [0.2, 0.25) is 0 Å². The predicted molar refractivity (Wildman–Crippen MR) is 69.9 cm³/mol. The van der Waals surface area contributed by atoms with Crippen LogP contribution in [0, 0.1) is 0 Å². The van der Waals surface area contributed by atoms with Crippen LogP contribution in [0.3, 0.4) is 0 Å². The summed E-state index contributed by atoms with van der Waals surface area (Å²) >= 11 is 0. The minimum Gasteiger partial charge on any atom is -0.398 e. The van der Waals surface area contributed by atoms with E-state index in [-0.39, 0.29) is 0 Å². The molecule has 0 spiro atoms. The summed E-state index contributed by atoms with van der Waals surface area (Å²) in [5.74, 6) is 0. The molecule has 94 valence electrons. The molecule has 18 heavy (non-hydrogen) atoms. The molecule has 0 aliphatic carbocycles. The quantitative estimate of drug-likeness (QED) is 0.861. The molecule has 0 aliphatic heterocycles. The first-order valence-corrected chi connectivity index (χ1v) is 5.67. The number of anilines is 1. The van der Waals surface area contributed by atoms with Crippen molar-refractivity contribution in [3.05, 3.63) is 59.4 Å². The Morgan fingerprint density at radius 3 is 2.61 bits per heavy atom. The number of benzene rings is 1. The van der Waals surface area contributed by atoms with Gasteiger partial charge in [-0.2, -0.15) is 0 Å². The van der Waals surface area contributed by atoms with Crippen molar-refractivity contribution >= 4 is 5.69 Å². The number of aliphatic hydroxyl groups excluding tert-OH is 1. The Bertz CT molecular complexity index is 511. The molecule has 1 aromatic carbocycles. The van der Waals surface area contributed by atoms with E-state index in [1.165, 1.54) is 0 Å². The van der Waals surface area contributed by atoms with Crippen LogP contribution in [0.1, 0.15) is 22.8 Å². The second-order valence-electron chi connectivity index (χ2n) is 4.08. The molecule has 1 heterocycles. The molecule has 3 N–H and O–H groups in total. The van der Waals surface area contributed by atoms with Crippen molar-refractivity contribution < 1.29 is 9.84 Å². The van der Waals surface area contributed by atoms with Crippen molar-refractivity contribution in [3.63, 3.8) is 0 Å². The normalized spacial score (nSPS) is 12.3. The third-order valence-corrected chi connectivity index (χ3v) is 2.79. The van der Waals surface area contributed by atoms with Gasteiger partial charge in [0.05, 0.1) is 6.61 Å². The van der Waals surface area contributed by atoms with Crippen LogP contribution < -0.4 is 5.73 Å². The molecule has 0 saturated heterocycles. The average Bonchev–Trinajstić information content (AvgIpc) is 2.40. The summed E-state index contributed by atoms with van der Waals surface area (Å²) in [5, 5.41) is 10.2. The zero-order valence-electron chi connectivity index (χ0n) is 10.2. The number of rotatable bonds is 4. The van der Waals surface area contributed by atoms with Crippen LogP contribution in [0.4, 0.5) is 5.69 Å². The summed E-state index contributed by atoms with van der Waals surface area (Å²) in [6, 6.07) is 9.26. The Kier molecular flexibility index (Phi) is 3.92. The van der Waals surface area contributed by atoms with E-state index in [0.717, 1.165) is 11.1 Å². The zero-order valence-corrected chi connectivity index (χ0v) is 10.2. The number of methoxy groups -OCH3 is 1. The van der Waals surface area contributed by atoms with Gasteiger partial charge in [-0.1, -0.05) is 24.3 Å². The maximum atomic E-state index is 10.2. The molecule has 4 nitrogen and oxygen atoms in total. The fourth-order valence-corrected chi connectivity index (χ4v) is 1.79. The summed E-state index contributed by atoms with van der Waals surface area (Å²) in [5.41, 5.74) is 8.83. The van der Waals surface area contributed by atoms with Gasteiger partial charge in [0.25, 0.3) is 0 Å². The van der Waals surface area contributed by atoms with E-state index in [2.05, 4.69) is 4.98 Å². The molecule has 0 bridgehead atoms. The lowest BCUT2D eigenvalue weighted by atomic mass is 10.0. The van der Waals surface area contributed by atoms with Gasteiger partial charge in [0.15, 0.2) is 0 Å². The smallest absolute Gasteiger partial charge is 0.108 e. The highest BCUT2D eigenvalue weighted by atomic mass is 16.5. The van der Waals surface area contributed by atoms with E-state index in [9.17, 15) is 5.11 Å². The molecular formula is C14H16N2O2. The molecule has 1 atom stereocenters. The van der Waals surface area contributed by atoms with Gasteiger partial charge in [0.2, 0.25) is 0 Å². The van der Waals surface area contributed by atoms with Crippen molar-refractivity contribution in [1.82, 2.24) is 4.98 Å². The highest BCUT2D eigenvalue weighted by Crippen LogP contribution is 2.25. The summed E-state index contributed by atoms with van der Waals surface area (Å²) < 4.78 is 5.04. The third-order valence-electron chi connectivity index (χ3n) is 2.79. The number of nitrogen functional groups attached to an aromatic ring is 1. The highest BCUT2D eigenvalue weighted by molar-refractivity contribution is 5.48. The summed E-state index contributed by atoms with van der Waals surface area (Å²) in [4.78, 5) is 3.98. The van der Waals surface area contributed by atoms with Crippen LogP contribution in [0.25, 0.3) is 0 Å². The molecule has 1 aromatic heterocycles. The first-order chi connectivity index (χ1) is 8.72. The first-order valence-electron chi connectivity index (χ1n) is 5.67. The Morgan fingerprint density at radius 1 is 1.28 bits per heavy atom. The number of aromatic nitrogens is 1. The monoisotopic (exact) mass is 244 g/mol. The summed E-state index contributed by atoms with van der Waals surface area (Å²) in [6.45, 7) is 0.561. The minimum atomic E-state index is -0.754. The van der Waals surface area contributed by atoms with Crippen molar-refractivity contribution in [2.45, 2.75) is 12.7 Å². The van der Waals surface area contributed by atoms with E-state index >= 15 is 0 Å². The number of nitrogens with two attached hydrogens (primary N) is 1. The van der Waals surface area contributed by atoms with Crippen LogP contribution in [-0.2, 0) is 11.3 Å². The number of hydrogen-bond acceptors (Lipinski definition) is 4. The van der Waals surface area contributed by atoms with Gasteiger partial charge in [-0.15, -0.1) is 0 Å². The Balaban J connectivity index is 2.23. The summed E-state index contributed by atoms with van der Waals surface area (Å²) in [6.07, 6.45) is 2.44. The topological polar surface area (TPSA) is 68.4 Å². The lowest BCUT2D eigenvalue weighted by Gasteiger charge is -2.13. The van der Waals surface area contributed by atoms with E-state index in [0.29, 0.717) is 17.9 Å². The number of pyridine rings is 1. The molecule has 4 heteroatoms. The van der Waals surface area contributed by atoms with Gasteiger partial charge in [-0.3, -0.25) is 4.98 Å². The van der Waals surface area contributed by atoms with E-state index in [4.69, 9.17) is 10.5 Å². The highest BCUT2D eigenvalue weighted by Gasteiger charge is 2.13. The van der Waals surface area contributed by atoms with Crippen LogP contribution in [-0.4, -0.2) is 17.2 Å². The zero-order chi connectivity index (χ0) is 13.0. The number of nitrogens with zero attached hydrogens (tertiary/aromatic N) is 1. The number of aliphatic hydroxyl groups is 1. The number of hydrogen-bond donors (Lipinski definition) is 2. The van der Waals surface area contributed by atoms with Crippen molar-refractivity contribution in [3.8, 4) is 0 Å². The molecule has 2 rings (SSSR count). The van der Waals surface area contributed by atoms with Gasteiger partial charge >= 0.3 is 0 Å². The second kappa shape index (κ2) is 5.62. The second-order valence-corrected chi connectivity index (χ2v) is 4.08. The van der Waals surface area contributed by atoms with Crippen molar-refractivity contribution in [2.24, 2.45) is 0 Å². The number of ether oxygens (including phenoxy) is 1. The van der Waals surface area contributed by atoms with Crippen LogP contribution >= 0.6 is 0 Å². The van der Waals surface area contributed by atoms with Crippen LogP contribution in [0.15, 0.2) is 42.7 Å². The lowest BCUT2D eigenvalue weighted by Crippen LogP contribution is -2.04. The Labute approximate surface area is 106 Å².